The number of hydrogen-bond acceptors (Lipinski definition) is 8. The van der Waals surface area contributed by atoms with E-state index in [4.69, 9.17) is 18.9 Å². The summed E-state index contributed by atoms with van der Waals surface area (Å²) < 4.78 is 74.9. The summed E-state index contributed by atoms with van der Waals surface area (Å²) in [5.74, 6) is 0.0371. The van der Waals surface area contributed by atoms with Crippen molar-refractivity contribution in [3.8, 4) is 34.4 Å². The van der Waals surface area contributed by atoms with E-state index in [1.807, 2.05) is 0 Å². The number of amides is 1. The molecule has 2 aromatic carbocycles. The van der Waals surface area contributed by atoms with Crippen molar-refractivity contribution in [2.24, 2.45) is 0 Å². The summed E-state index contributed by atoms with van der Waals surface area (Å²) in [6.07, 6.45) is -0.619. The number of nitrogens with one attached hydrogen (secondary N) is 1. The van der Waals surface area contributed by atoms with Crippen LogP contribution in [-0.4, -0.2) is 52.7 Å². The van der Waals surface area contributed by atoms with Crippen LogP contribution >= 0.6 is 0 Å². The minimum Gasteiger partial charge on any atom is -0.493 e. The van der Waals surface area contributed by atoms with Crippen LogP contribution in [0.3, 0.4) is 0 Å². The third kappa shape index (κ3) is 6.58. The van der Waals surface area contributed by atoms with Gasteiger partial charge in [0.25, 0.3) is 5.91 Å². The molecule has 3 heterocycles. The van der Waals surface area contributed by atoms with E-state index >= 15 is 0 Å². The normalized spacial score (nSPS) is 11.3. The third-order valence-corrected chi connectivity index (χ3v) is 6.11. The summed E-state index contributed by atoms with van der Waals surface area (Å²) in [6.45, 7) is -0.0558. The summed E-state index contributed by atoms with van der Waals surface area (Å²) in [5.41, 5.74) is 0.957. The second-order valence-electron chi connectivity index (χ2n) is 9.09. The van der Waals surface area contributed by atoms with Crippen molar-refractivity contribution >= 4 is 22.6 Å². The Kier molecular flexibility index (Phi) is 8.01. The van der Waals surface area contributed by atoms with Crippen LogP contribution in [0.5, 0.6) is 28.7 Å². The minimum absolute atomic E-state index is 0.0672. The molecule has 1 N–H and O–H groups in total. The van der Waals surface area contributed by atoms with Gasteiger partial charge in [-0.1, -0.05) is 0 Å². The van der Waals surface area contributed by atoms with E-state index in [0.29, 0.717) is 45.2 Å². The minimum atomic E-state index is -4.66. The summed E-state index contributed by atoms with van der Waals surface area (Å²) in [7, 11) is 3.03. The molecule has 0 radical (unpaired) electrons. The summed E-state index contributed by atoms with van der Waals surface area (Å²) in [5, 5.41) is 7.25. The zero-order chi connectivity index (χ0) is 30.7. The maximum Gasteiger partial charge on any atom is 0.422 e. The topological polar surface area (TPSA) is 110 Å². The quantitative estimate of drug-likeness (QED) is 0.198. The number of carbonyl (C=O) groups is 1. The molecule has 0 atom stereocenters. The van der Waals surface area contributed by atoms with Gasteiger partial charge in [0, 0.05) is 17.6 Å². The van der Waals surface area contributed by atoms with Gasteiger partial charge in [0.1, 0.15) is 23.1 Å². The Morgan fingerprint density at radius 2 is 1.72 bits per heavy atom. The van der Waals surface area contributed by atoms with Crippen molar-refractivity contribution in [1.82, 2.24) is 19.7 Å². The van der Waals surface area contributed by atoms with Gasteiger partial charge in [-0.2, -0.15) is 18.3 Å². The molecule has 0 unspecified atom stereocenters. The molecule has 43 heavy (non-hydrogen) atoms. The molecule has 0 bridgehead atoms. The average molecular weight is 598 g/mol. The fourth-order valence-electron chi connectivity index (χ4n) is 4.13. The van der Waals surface area contributed by atoms with Crippen molar-refractivity contribution in [3.05, 3.63) is 84.2 Å². The van der Waals surface area contributed by atoms with Gasteiger partial charge in [0.05, 0.1) is 37.8 Å². The van der Waals surface area contributed by atoms with Crippen molar-refractivity contribution in [2.75, 3.05) is 26.1 Å². The molecule has 0 saturated carbocycles. The van der Waals surface area contributed by atoms with E-state index in [9.17, 15) is 22.4 Å². The Morgan fingerprint density at radius 1 is 0.953 bits per heavy atom. The number of ether oxygens (including phenoxy) is 4. The third-order valence-electron chi connectivity index (χ3n) is 6.11. The van der Waals surface area contributed by atoms with Gasteiger partial charge in [0.2, 0.25) is 0 Å². The second-order valence-corrected chi connectivity index (χ2v) is 9.09. The number of fused-ring (bicyclic) bond motifs is 1. The number of pyridine rings is 2. The molecule has 1 amide bonds. The lowest BCUT2D eigenvalue weighted by molar-refractivity contribution is -0.153. The van der Waals surface area contributed by atoms with Crippen molar-refractivity contribution < 1.29 is 41.3 Å². The van der Waals surface area contributed by atoms with Crippen LogP contribution in [0.15, 0.2) is 67.1 Å². The number of methoxy groups -OCH3 is 2. The van der Waals surface area contributed by atoms with Crippen molar-refractivity contribution in [3.63, 3.8) is 0 Å². The molecule has 3 aromatic heterocycles. The summed E-state index contributed by atoms with van der Waals surface area (Å²) in [4.78, 5) is 21.6. The zero-order valence-corrected chi connectivity index (χ0v) is 22.9. The largest absolute Gasteiger partial charge is 0.493 e. The average Bonchev–Trinajstić information content (AvgIpc) is 3.40. The first-order chi connectivity index (χ1) is 20.5. The Labute approximate surface area is 241 Å². The molecule has 5 aromatic rings. The standard InChI is InChI=1S/C29H23F4N5O5/c1-16-10-17(30)4-6-21(16)38-14-25(42-15-29(31,32)33)27(37-38)28(39)36-26-7-5-18(13-35-26)43-22-8-9-34-20-12-24(41-3)23(40-2)11-19(20)22/h4-14H,15H2,1-3H3,(H,35,36,39). The molecule has 0 fully saturated rings. The van der Waals surface area contributed by atoms with E-state index in [1.165, 1.54) is 44.7 Å². The summed E-state index contributed by atoms with van der Waals surface area (Å²) >= 11 is 0. The molecule has 0 spiro atoms. The fraction of sp³-hybridized carbons (Fsp3) is 0.172. The number of benzene rings is 2. The smallest absolute Gasteiger partial charge is 0.422 e. The van der Waals surface area contributed by atoms with E-state index in [-0.39, 0.29) is 5.82 Å². The lowest BCUT2D eigenvalue weighted by atomic mass is 10.2. The summed E-state index contributed by atoms with van der Waals surface area (Å²) in [6, 6.07) is 11.8. The molecule has 14 heteroatoms. The molecular weight excluding hydrogens is 574 g/mol. The van der Waals surface area contributed by atoms with Gasteiger partial charge >= 0.3 is 6.18 Å². The van der Waals surface area contributed by atoms with Gasteiger partial charge in [-0.3, -0.25) is 9.78 Å². The van der Waals surface area contributed by atoms with Crippen molar-refractivity contribution in [2.45, 2.75) is 13.1 Å². The van der Waals surface area contributed by atoms with Crippen LogP contribution in [0.2, 0.25) is 0 Å². The Balaban J connectivity index is 1.37. The number of anilines is 1. The van der Waals surface area contributed by atoms with Crippen LogP contribution in [0.25, 0.3) is 16.6 Å². The van der Waals surface area contributed by atoms with Crippen LogP contribution in [0, 0.1) is 12.7 Å². The molecular formula is C29H23F4N5O5. The van der Waals surface area contributed by atoms with Crippen molar-refractivity contribution in [1.29, 1.82) is 0 Å². The zero-order valence-electron chi connectivity index (χ0n) is 22.9. The molecule has 0 aliphatic carbocycles. The van der Waals surface area contributed by atoms with Gasteiger partial charge in [0.15, 0.2) is 29.5 Å². The van der Waals surface area contributed by atoms with Gasteiger partial charge < -0.3 is 24.3 Å². The number of aromatic nitrogens is 4. The van der Waals surface area contributed by atoms with Crippen LogP contribution in [0.4, 0.5) is 23.4 Å². The lowest BCUT2D eigenvalue weighted by Crippen LogP contribution is -2.21. The number of carbonyl (C=O) groups excluding carboxylic acids is 1. The van der Waals surface area contributed by atoms with E-state index < -0.39 is 36.0 Å². The first-order valence-electron chi connectivity index (χ1n) is 12.6. The molecule has 5 rings (SSSR count). The van der Waals surface area contributed by atoms with E-state index in [1.54, 1.807) is 31.3 Å². The molecule has 222 valence electrons. The van der Waals surface area contributed by atoms with Gasteiger partial charge in [-0.15, -0.1) is 0 Å². The highest BCUT2D eigenvalue weighted by Gasteiger charge is 2.30. The first-order valence-corrected chi connectivity index (χ1v) is 12.6. The van der Waals surface area contributed by atoms with E-state index in [0.717, 1.165) is 16.9 Å². The van der Waals surface area contributed by atoms with Gasteiger partial charge in [-0.05, 0) is 55.0 Å². The number of hydrogen-bond donors (Lipinski definition) is 1. The fourth-order valence-corrected chi connectivity index (χ4v) is 4.13. The van der Waals surface area contributed by atoms with Crippen LogP contribution in [0.1, 0.15) is 16.1 Å². The molecule has 0 aliphatic heterocycles. The number of nitrogens with zero attached hydrogens (tertiary/aromatic N) is 4. The predicted molar refractivity (Wildman–Crippen MR) is 147 cm³/mol. The Morgan fingerprint density at radius 3 is 2.40 bits per heavy atom. The van der Waals surface area contributed by atoms with Crippen LogP contribution < -0.4 is 24.3 Å². The highest BCUT2D eigenvalue weighted by molar-refractivity contribution is 6.04. The first kappa shape index (κ1) is 29.1. The molecule has 10 nitrogen and oxygen atoms in total. The van der Waals surface area contributed by atoms with Gasteiger partial charge in [-0.25, -0.2) is 14.1 Å². The number of rotatable bonds is 9. The lowest BCUT2D eigenvalue weighted by Gasteiger charge is -2.12. The monoisotopic (exact) mass is 597 g/mol. The maximum absolute atomic E-state index is 13.6. The molecule has 0 saturated heterocycles. The highest BCUT2D eigenvalue weighted by atomic mass is 19.4. The second kappa shape index (κ2) is 11.8. The number of aryl methyl sites for hydroxylation is 1. The Bertz CT molecular complexity index is 1790. The predicted octanol–water partition coefficient (Wildman–Crippen LogP) is 6.27. The SMILES string of the molecule is COc1cc2nccc(Oc3ccc(NC(=O)c4nn(-c5ccc(F)cc5C)cc4OCC(F)(F)F)nc3)c2cc1OC. The number of alkyl halides is 3. The molecule has 0 aliphatic rings. The van der Waals surface area contributed by atoms with E-state index in [2.05, 4.69) is 20.4 Å². The maximum atomic E-state index is 13.6. The van der Waals surface area contributed by atoms with Crippen LogP contribution in [-0.2, 0) is 0 Å². The highest BCUT2D eigenvalue weighted by Crippen LogP contribution is 2.37. The number of halogens is 4. The Hall–Kier alpha value is -5.40.